The third-order valence-corrected chi connectivity index (χ3v) is 4.31. The van der Waals surface area contributed by atoms with Gasteiger partial charge in [-0.15, -0.1) is 0 Å². The van der Waals surface area contributed by atoms with E-state index in [4.69, 9.17) is 5.11 Å². The van der Waals surface area contributed by atoms with E-state index in [-0.39, 0.29) is 12.1 Å². The molecule has 0 heterocycles. The summed E-state index contributed by atoms with van der Waals surface area (Å²) in [5.74, 6) is 2.35. The zero-order chi connectivity index (χ0) is 11.1. The molecule has 0 aliphatic heterocycles. The lowest BCUT2D eigenvalue weighted by Gasteiger charge is -2.28. The Morgan fingerprint density at radius 2 is 2.40 bits per heavy atom. The number of nitriles is 1. The second kappa shape index (κ2) is 6.37. The van der Waals surface area contributed by atoms with Gasteiger partial charge in [-0.1, -0.05) is 6.42 Å². The van der Waals surface area contributed by atoms with Crippen LogP contribution in [0.25, 0.3) is 0 Å². The number of aliphatic hydroxyl groups excluding tert-OH is 1. The summed E-state index contributed by atoms with van der Waals surface area (Å²) in [5, 5.41) is 21.1. The minimum absolute atomic E-state index is 0.255. The highest BCUT2D eigenvalue weighted by molar-refractivity contribution is 7.99. The fourth-order valence-electron chi connectivity index (χ4n) is 2.39. The van der Waals surface area contributed by atoms with Gasteiger partial charge in [-0.2, -0.15) is 17.0 Å². The minimum Gasteiger partial charge on any atom is -0.396 e. The molecule has 86 valence electrons. The predicted octanol–water partition coefficient (Wildman–Crippen LogP) is 1.38. The van der Waals surface area contributed by atoms with Gasteiger partial charge in [-0.3, -0.25) is 0 Å². The summed E-state index contributed by atoms with van der Waals surface area (Å²) in [6.45, 7) is 0.255. The fourth-order valence-corrected chi connectivity index (χ4v) is 3.18. The van der Waals surface area contributed by atoms with Crippen LogP contribution in [0.5, 0.6) is 0 Å². The third kappa shape index (κ3) is 3.10. The van der Waals surface area contributed by atoms with Crippen molar-refractivity contribution in [2.24, 2.45) is 5.92 Å². The molecule has 0 bridgehead atoms. The molecule has 0 spiro atoms. The number of rotatable bonds is 6. The number of nitrogens with zero attached hydrogens (tertiary/aromatic N) is 1. The molecule has 1 rings (SSSR count). The molecule has 2 N–H and O–H groups in total. The van der Waals surface area contributed by atoms with Crippen LogP contribution in [0.15, 0.2) is 0 Å². The predicted molar refractivity (Wildman–Crippen MR) is 63.8 cm³/mol. The molecule has 2 atom stereocenters. The van der Waals surface area contributed by atoms with E-state index >= 15 is 0 Å². The van der Waals surface area contributed by atoms with Crippen LogP contribution >= 0.6 is 11.8 Å². The Balaban J connectivity index is 2.37. The quantitative estimate of drug-likeness (QED) is 0.674. The Bertz CT molecular complexity index is 229. The van der Waals surface area contributed by atoms with E-state index in [1.165, 1.54) is 0 Å². The van der Waals surface area contributed by atoms with Crippen molar-refractivity contribution < 1.29 is 5.11 Å². The summed E-state index contributed by atoms with van der Waals surface area (Å²) in [4.78, 5) is 0. The van der Waals surface area contributed by atoms with Gasteiger partial charge in [0.05, 0.1) is 12.7 Å². The summed E-state index contributed by atoms with van der Waals surface area (Å²) in [6.07, 6.45) is 4.38. The largest absolute Gasteiger partial charge is 0.396 e. The maximum absolute atomic E-state index is 9.23. The normalized spacial score (nSPS) is 30.3. The molecule has 1 aliphatic rings. The second-order valence-electron chi connectivity index (χ2n) is 4.05. The molecule has 0 aromatic rings. The number of nitrogens with one attached hydrogen (secondary N) is 1. The van der Waals surface area contributed by atoms with Crippen LogP contribution < -0.4 is 5.32 Å². The van der Waals surface area contributed by atoms with Crippen LogP contribution in [0.1, 0.15) is 25.7 Å². The Morgan fingerprint density at radius 3 is 3.00 bits per heavy atom. The molecule has 2 unspecified atom stereocenters. The standard InChI is InChI=1S/C11H20N2OS/c1-13-11(9-12)5-2-3-10(11)4-7-15-8-6-14/h10,13-14H,2-8H2,1H3. The van der Waals surface area contributed by atoms with Gasteiger partial charge in [-0.05, 0) is 38.0 Å². The van der Waals surface area contributed by atoms with Gasteiger partial charge in [0.15, 0.2) is 0 Å². The van der Waals surface area contributed by atoms with Crippen LogP contribution in [-0.4, -0.2) is 35.8 Å². The van der Waals surface area contributed by atoms with Crippen molar-refractivity contribution in [2.75, 3.05) is 25.2 Å². The fraction of sp³-hybridized carbons (Fsp3) is 0.909. The molecule has 0 aromatic carbocycles. The lowest BCUT2D eigenvalue weighted by Crippen LogP contribution is -2.44. The first kappa shape index (κ1) is 12.8. The van der Waals surface area contributed by atoms with Crippen LogP contribution in [0.2, 0.25) is 0 Å². The van der Waals surface area contributed by atoms with E-state index < -0.39 is 0 Å². The lowest BCUT2D eigenvalue weighted by atomic mass is 9.87. The Hall–Kier alpha value is -0.240. The molecule has 1 aliphatic carbocycles. The summed E-state index contributed by atoms with van der Waals surface area (Å²) in [6, 6.07) is 2.45. The number of hydrogen-bond acceptors (Lipinski definition) is 4. The number of thioether (sulfide) groups is 1. The summed E-state index contributed by atoms with van der Waals surface area (Å²) < 4.78 is 0. The first-order valence-corrected chi connectivity index (χ1v) is 6.73. The van der Waals surface area contributed by atoms with E-state index in [2.05, 4.69) is 11.4 Å². The highest BCUT2D eigenvalue weighted by Crippen LogP contribution is 2.37. The van der Waals surface area contributed by atoms with Gasteiger partial charge in [0.2, 0.25) is 0 Å². The van der Waals surface area contributed by atoms with Crippen molar-refractivity contribution in [1.82, 2.24) is 5.32 Å². The maximum Gasteiger partial charge on any atom is 0.109 e. The number of hydrogen-bond donors (Lipinski definition) is 2. The Labute approximate surface area is 96.2 Å². The van der Waals surface area contributed by atoms with Gasteiger partial charge < -0.3 is 10.4 Å². The molecular weight excluding hydrogens is 208 g/mol. The van der Waals surface area contributed by atoms with Gasteiger partial charge >= 0.3 is 0 Å². The van der Waals surface area contributed by atoms with Crippen LogP contribution in [0, 0.1) is 17.2 Å². The van der Waals surface area contributed by atoms with Crippen LogP contribution in [0.4, 0.5) is 0 Å². The van der Waals surface area contributed by atoms with Crippen LogP contribution in [-0.2, 0) is 0 Å². The second-order valence-corrected chi connectivity index (χ2v) is 5.27. The molecule has 4 heteroatoms. The average Bonchev–Trinajstić information content (AvgIpc) is 2.68. The molecule has 15 heavy (non-hydrogen) atoms. The van der Waals surface area contributed by atoms with E-state index in [1.807, 2.05) is 7.05 Å². The van der Waals surface area contributed by atoms with Crippen molar-refractivity contribution in [3.8, 4) is 6.07 Å². The highest BCUT2D eigenvalue weighted by Gasteiger charge is 2.41. The minimum atomic E-state index is -0.278. The van der Waals surface area contributed by atoms with Gasteiger partial charge in [-0.25, -0.2) is 0 Å². The topological polar surface area (TPSA) is 56.0 Å². The monoisotopic (exact) mass is 228 g/mol. The Morgan fingerprint density at radius 1 is 1.60 bits per heavy atom. The zero-order valence-corrected chi connectivity index (χ0v) is 10.1. The van der Waals surface area contributed by atoms with Gasteiger partial charge in [0.25, 0.3) is 0 Å². The van der Waals surface area contributed by atoms with E-state index in [0.29, 0.717) is 5.92 Å². The van der Waals surface area contributed by atoms with E-state index in [9.17, 15) is 5.26 Å². The molecule has 3 nitrogen and oxygen atoms in total. The molecule has 0 radical (unpaired) electrons. The van der Waals surface area contributed by atoms with E-state index in [1.54, 1.807) is 11.8 Å². The van der Waals surface area contributed by atoms with Crippen molar-refractivity contribution in [2.45, 2.75) is 31.2 Å². The summed E-state index contributed by atoms with van der Waals surface area (Å²) in [5.41, 5.74) is -0.278. The van der Waals surface area contributed by atoms with Crippen molar-refractivity contribution in [3.63, 3.8) is 0 Å². The smallest absolute Gasteiger partial charge is 0.109 e. The van der Waals surface area contributed by atoms with Crippen LogP contribution in [0.3, 0.4) is 0 Å². The first-order valence-electron chi connectivity index (χ1n) is 5.58. The SMILES string of the molecule is CNC1(C#N)CCCC1CCSCCO. The average molecular weight is 228 g/mol. The summed E-state index contributed by atoms with van der Waals surface area (Å²) in [7, 11) is 1.89. The number of aliphatic hydroxyl groups is 1. The summed E-state index contributed by atoms with van der Waals surface area (Å²) >= 11 is 1.77. The highest BCUT2D eigenvalue weighted by atomic mass is 32.2. The van der Waals surface area contributed by atoms with Gasteiger partial charge in [0.1, 0.15) is 5.54 Å². The van der Waals surface area contributed by atoms with Crippen molar-refractivity contribution in [1.29, 1.82) is 5.26 Å². The molecule has 0 saturated heterocycles. The third-order valence-electron chi connectivity index (χ3n) is 3.31. The lowest BCUT2D eigenvalue weighted by molar-refractivity contribution is 0.321. The Kier molecular flexibility index (Phi) is 5.44. The van der Waals surface area contributed by atoms with Crippen molar-refractivity contribution >= 4 is 11.8 Å². The zero-order valence-electron chi connectivity index (χ0n) is 9.33. The molecule has 0 aromatic heterocycles. The molecule has 1 saturated carbocycles. The molecule has 0 amide bonds. The van der Waals surface area contributed by atoms with Crippen molar-refractivity contribution in [3.05, 3.63) is 0 Å². The first-order chi connectivity index (χ1) is 7.29. The molecular formula is C11H20N2OS. The molecule has 1 fully saturated rings. The van der Waals surface area contributed by atoms with Gasteiger partial charge in [0, 0.05) is 5.75 Å². The van der Waals surface area contributed by atoms with E-state index in [0.717, 1.165) is 37.2 Å². The maximum atomic E-state index is 9.23.